The third-order valence-electron chi connectivity index (χ3n) is 2.43. The average Bonchev–Trinajstić information content (AvgIpc) is 2.62. The van der Waals surface area contributed by atoms with Gasteiger partial charge in [0.05, 0.1) is 4.83 Å². The van der Waals surface area contributed by atoms with Gasteiger partial charge in [-0.3, -0.25) is 0 Å². The van der Waals surface area contributed by atoms with E-state index in [9.17, 15) is 0 Å². The lowest BCUT2D eigenvalue weighted by atomic mass is 10.1. The first-order valence-corrected chi connectivity index (χ1v) is 8.53. The summed E-state index contributed by atoms with van der Waals surface area (Å²) < 4.78 is 2.83. The number of halogens is 4. The van der Waals surface area contributed by atoms with Crippen LogP contribution in [0.3, 0.4) is 0 Å². The smallest absolute Gasteiger partial charge is 0.107 e. The highest BCUT2D eigenvalue weighted by Crippen LogP contribution is 2.42. The molecule has 1 aromatic heterocycles. The number of thiophene rings is 1. The summed E-state index contributed by atoms with van der Waals surface area (Å²) in [6, 6.07) is 8.36. The summed E-state index contributed by atoms with van der Waals surface area (Å²) >= 11 is 18.3. The molecule has 1 unspecified atom stereocenters. The van der Waals surface area contributed by atoms with Gasteiger partial charge in [-0.15, -0.1) is 11.3 Å². The fraction of sp³-hybridized carbons (Fsp3) is 0.167. The zero-order valence-electron chi connectivity index (χ0n) is 8.81. The van der Waals surface area contributed by atoms with Gasteiger partial charge in [0.1, 0.15) is 4.34 Å². The molecule has 1 aromatic carbocycles. The lowest BCUT2D eigenvalue weighted by molar-refractivity contribution is 1.17. The molecule has 17 heavy (non-hydrogen) atoms. The highest BCUT2D eigenvalue weighted by Gasteiger charge is 2.17. The van der Waals surface area contributed by atoms with Crippen LogP contribution < -0.4 is 0 Å². The molecule has 1 heterocycles. The molecule has 0 saturated heterocycles. The van der Waals surface area contributed by atoms with E-state index in [0.717, 1.165) is 13.3 Å². The van der Waals surface area contributed by atoms with Crippen molar-refractivity contribution < 1.29 is 0 Å². The Bertz CT molecular complexity index is 531. The second kappa shape index (κ2) is 5.74. The van der Waals surface area contributed by atoms with Gasteiger partial charge >= 0.3 is 0 Å². The lowest BCUT2D eigenvalue weighted by Gasteiger charge is -2.11. The second-order valence-corrected chi connectivity index (χ2v) is 8.01. The first-order chi connectivity index (χ1) is 7.99. The van der Waals surface area contributed by atoms with Crippen LogP contribution in [0.25, 0.3) is 0 Å². The van der Waals surface area contributed by atoms with E-state index in [0.29, 0.717) is 0 Å². The van der Waals surface area contributed by atoms with Crippen LogP contribution in [-0.2, 0) is 0 Å². The predicted octanol–water partition coefficient (Wildman–Crippen LogP) is 6.72. The average molecular weight is 459 g/mol. The molecule has 0 nitrogen and oxygen atoms in total. The van der Waals surface area contributed by atoms with E-state index in [1.54, 1.807) is 11.3 Å². The summed E-state index contributed by atoms with van der Waals surface area (Å²) in [6.07, 6.45) is 0. The molecule has 0 spiro atoms. The van der Waals surface area contributed by atoms with E-state index in [-0.39, 0.29) is 4.83 Å². The van der Waals surface area contributed by atoms with Crippen molar-refractivity contribution in [2.45, 2.75) is 11.8 Å². The first-order valence-electron chi connectivity index (χ1n) is 4.84. The fourth-order valence-electron chi connectivity index (χ4n) is 1.53. The molecule has 0 N–H and O–H groups in total. The van der Waals surface area contributed by atoms with Gasteiger partial charge in [0.15, 0.2) is 0 Å². The van der Waals surface area contributed by atoms with Crippen LogP contribution in [0, 0.1) is 6.92 Å². The van der Waals surface area contributed by atoms with E-state index in [2.05, 4.69) is 79.0 Å². The Morgan fingerprint density at radius 2 is 1.94 bits per heavy atom. The van der Waals surface area contributed by atoms with Crippen molar-refractivity contribution in [2.24, 2.45) is 0 Å². The number of hydrogen-bond donors (Lipinski definition) is 0. The monoisotopic (exact) mass is 456 g/mol. The van der Waals surface area contributed by atoms with Crippen LogP contribution in [0.2, 0.25) is 4.34 Å². The maximum Gasteiger partial charge on any atom is 0.107 e. The van der Waals surface area contributed by atoms with Crippen molar-refractivity contribution in [1.29, 1.82) is 0 Å². The van der Waals surface area contributed by atoms with Gasteiger partial charge in [0.2, 0.25) is 0 Å². The molecule has 0 aliphatic rings. The number of aryl methyl sites for hydroxylation is 1. The van der Waals surface area contributed by atoms with Gasteiger partial charge in [-0.25, -0.2) is 0 Å². The number of benzene rings is 1. The van der Waals surface area contributed by atoms with E-state index in [4.69, 9.17) is 11.6 Å². The van der Waals surface area contributed by atoms with Crippen LogP contribution in [0.5, 0.6) is 0 Å². The minimum Gasteiger partial charge on any atom is -0.126 e. The highest BCUT2D eigenvalue weighted by molar-refractivity contribution is 9.11. The van der Waals surface area contributed by atoms with Crippen molar-refractivity contribution >= 4 is 70.7 Å². The third-order valence-corrected chi connectivity index (χ3v) is 6.75. The van der Waals surface area contributed by atoms with Gasteiger partial charge in [0.25, 0.3) is 0 Å². The largest absolute Gasteiger partial charge is 0.126 e. The van der Waals surface area contributed by atoms with E-state index < -0.39 is 0 Å². The SMILES string of the molecule is Cc1ccc(Br)cc1C(Br)c1cc(Br)c(Cl)s1. The number of hydrogen-bond acceptors (Lipinski definition) is 1. The van der Waals surface area contributed by atoms with Crippen molar-refractivity contribution in [3.63, 3.8) is 0 Å². The second-order valence-electron chi connectivity index (χ2n) is 3.63. The molecule has 0 amide bonds. The van der Waals surface area contributed by atoms with Crippen molar-refractivity contribution in [2.75, 3.05) is 0 Å². The van der Waals surface area contributed by atoms with Crippen LogP contribution in [0.15, 0.2) is 33.2 Å². The molecule has 0 bridgehead atoms. The molecule has 2 aromatic rings. The van der Waals surface area contributed by atoms with Crippen molar-refractivity contribution in [1.82, 2.24) is 0 Å². The molecule has 0 saturated carbocycles. The molecule has 0 radical (unpaired) electrons. The summed E-state index contributed by atoms with van der Waals surface area (Å²) in [4.78, 5) is 1.37. The first kappa shape index (κ1) is 14.1. The van der Waals surface area contributed by atoms with Crippen LogP contribution in [0.1, 0.15) is 20.8 Å². The molecule has 0 aliphatic heterocycles. The molecule has 5 heteroatoms. The summed E-state index contributed by atoms with van der Waals surface area (Å²) in [5.74, 6) is 0. The summed E-state index contributed by atoms with van der Waals surface area (Å²) in [6.45, 7) is 2.11. The van der Waals surface area contributed by atoms with Crippen molar-refractivity contribution in [3.05, 3.63) is 53.6 Å². The molecular formula is C12H8Br3ClS. The lowest BCUT2D eigenvalue weighted by Crippen LogP contribution is -1.93. The fourth-order valence-corrected chi connectivity index (χ4v) is 4.54. The summed E-state index contributed by atoms with van der Waals surface area (Å²) in [5.41, 5.74) is 2.51. The van der Waals surface area contributed by atoms with Crippen LogP contribution in [0.4, 0.5) is 0 Å². The maximum atomic E-state index is 6.07. The summed E-state index contributed by atoms with van der Waals surface area (Å²) in [5, 5.41) is 0. The summed E-state index contributed by atoms with van der Waals surface area (Å²) in [7, 11) is 0. The van der Waals surface area contributed by atoms with Crippen molar-refractivity contribution in [3.8, 4) is 0 Å². The Hall–Kier alpha value is 0.650. The molecule has 90 valence electrons. The van der Waals surface area contributed by atoms with E-state index >= 15 is 0 Å². The molecule has 1 atom stereocenters. The highest BCUT2D eigenvalue weighted by atomic mass is 79.9. The molecule has 0 fully saturated rings. The van der Waals surface area contributed by atoms with Crippen LogP contribution in [-0.4, -0.2) is 0 Å². The number of alkyl halides is 1. The molecule has 0 aliphatic carbocycles. The standard InChI is InChI=1S/C12H8Br3ClS/c1-6-2-3-7(13)4-8(6)11(15)10-5-9(14)12(16)17-10/h2-5,11H,1H3. The normalized spacial score (nSPS) is 12.8. The van der Waals surface area contributed by atoms with Crippen LogP contribution >= 0.6 is 70.7 Å². The Balaban J connectivity index is 2.42. The zero-order valence-corrected chi connectivity index (χ0v) is 15.1. The third kappa shape index (κ3) is 3.16. The Morgan fingerprint density at radius 1 is 1.24 bits per heavy atom. The van der Waals surface area contributed by atoms with Gasteiger partial charge in [0, 0.05) is 13.8 Å². The molecule has 2 rings (SSSR count). The topological polar surface area (TPSA) is 0 Å². The minimum absolute atomic E-state index is 0.175. The zero-order chi connectivity index (χ0) is 12.6. The minimum atomic E-state index is 0.175. The van der Waals surface area contributed by atoms with Gasteiger partial charge in [-0.2, -0.15) is 0 Å². The van der Waals surface area contributed by atoms with Gasteiger partial charge in [-0.1, -0.05) is 49.5 Å². The Kier molecular flexibility index (Phi) is 4.75. The Labute approximate surface area is 135 Å². The Morgan fingerprint density at radius 3 is 2.53 bits per heavy atom. The van der Waals surface area contributed by atoms with E-state index in [1.807, 2.05) is 0 Å². The van der Waals surface area contributed by atoms with Gasteiger partial charge < -0.3 is 0 Å². The quantitative estimate of drug-likeness (QED) is 0.438. The van der Waals surface area contributed by atoms with Gasteiger partial charge in [-0.05, 0) is 52.2 Å². The molecular weight excluding hydrogens is 451 g/mol. The predicted molar refractivity (Wildman–Crippen MR) is 86.7 cm³/mol. The maximum absolute atomic E-state index is 6.07. The number of rotatable bonds is 2. The van der Waals surface area contributed by atoms with E-state index in [1.165, 1.54) is 16.0 Å².